The zero-order valence-electron chi connectivity index (χ0n) is 11.0. The van der Waals surface area contributed by atoms with E-state index >= 15 is 0 Å². The quantitative estimate of drug-likeness (QED) is 0.842. The second-order valence-electron chi connectivity index (χ2n) is 5.48. The van der Waals surface area contributed by atoms with Gasteiger partial charge in [-0.05, 0) is 44.7 Å². The lowest BCUT2D eigenvalue weighted by atomic mass is 10.1. The van der Waals surface area contributed by atoms with Crippen LogP contribution < -0.4 is 5.32 Å². The third-order valence-corrected chi connectivity index (χ3v) is 5.25. The number of carbonyl (C=O) groups is 1. The molecule has 4 heteroatoms. The molecule has 0 spiro atoms. The van der Waals surface area contributed by atoms with E-state index in [0.717, 1.165) is 24.4 Å². The van der Waals surface area contributed by atoms with E-state index in [9.17, 15) is 4.79 Å². The number of thiophene rings is 1. The van der Waals surface area contributed by atoms with E-state index in [1.54, 1.807) is 11.3 Å². The van der Waals surface area contributed by atoms with Crippen molar-refractivity contribution in [1.29, 1.82) is 0 Å². The third kappa shape index (κ3) is 1.97. The van der Waals surface area contributed by atoms with Crippen LogP contribution in [0.1, 0.15) is 40.4 Å². The summed E-state index contributed by atoms with van der Waals surface area (Å²) in [4.78, 5) is 17.1. The van der Waals surface area contributed by atoms with E-state index in [1.807, 2.05) is 0 Å². The lowest BCUT2D eigenvalue weighted by Crippen LogP contribution is -2.57. The number of hydrogen-bond donors (Lipinski definition) is 1. The molecule has 0 bridgehead atoms. The fourth-order valence-corrected chi connectivity index (χ4v) is 4.29. The molecular formula is C14H20N2OS. The van der Waals surface area contributed by atoms with Gasteiger partial charge in [-0.2, -0.15) is 0 Å². The van der Waals surface area contributed by atoms with Crippen LogP contribution in [0.15, 0.2) is 6.07 Å². The van der Waals surface area contributed by atoms with Crippen molar-refractivity contribution in [2.24, 2.45) is 0 Å². The van der Waals surface area contributed by atoms with Crippen LogP contribution in [0.4, 0.5) is 0 Å². The lowest BCUT2D eigenvalue weighted by molar-refractivity contribution is 0.0549. The Bertz CT molecular complexity index is 437. The van der Waals surface area contributed by atoms with Crippen molar-refractivity contribution in [3.8, 4) is 0 Å². The zero-order valence-corrected chi connectivity index (χ0v) is 11.8. The van der Waals surface area contributed by atoms with Gasteiger partial charge in [0.1, 0.15) is 0 Å². The minimum Gasteiger partial charge on any atom is -0.330 e. The number of carbonyl (C=O) groups excluding carboxylic acids is 1. The molecule has 3 rings (SSSR count). The first kappa shape index (κ1) is 12.2. The van der Waals surface area contributed by atoms with E-state index < -0.39 is 0 Å². The van der Waals surface area contributed by atoms with Gasteiger partial charge < -0.3 is 10.2 Å². The molecule has 2 heterocycles. The van der Waals surface area contributed by atoms with Gasteiger partial charge in [-0.3, -0.25) is 4.79 Å². The highest BCUT2D eigenvalue weighted by atomic mass is 32.1. The van der Waals surface area contributed by atoms with Crippen molar-refractivity contribution in [2.45, 2.75) is 45.2 Å². The first-order valence-corrected chi connectivity index (χ1v) is 7.63. The van der Waals surface area contributed by atoms with Crippen molar-refractivity contribution < 1.29 is 4.79 Å². The number of piperazine rings is 1. The van der Waals surface area contributed by atoms with Gasteiger partial charge in [-0.15, -0.1) is 11.3 Å². The number of nitrogens with one attached hydrogen (secondary N) is 1. The molecule has 1 amide bonds. The summed E-state index contributed by atoms with van der Waals surface area (Å²) in [5.41, 5.74) is 1.42. The minimum absolute atomic E-state index is 0.232. The van der Waals surface area contributed by atoms with Gasteiger partial charge in [0.15, 0.2) is 0 Å². The van der Waals surface area contributed by atoms with Crippen LogP contribution in [0.3, 0.4) is 0 Å². The molecule has 0 radical (unpaired) electrons. The van der Waals surface area contributed by atoms with Crippen LogP contribution in [0, 0.1) is 0 Å². The summed E-state index contributed by atoms with van der Waals surface area (Å²) in [7, 11) is 0. The Kier molecular flexibility index (Phi) is 3.16. The first-order valence-electron chi connectivity index (χ1n) is 6.82. The van der Waals surface area contributed by atoms with Crippen LogP contribution in [-0.4, -0.2) is 36.0 Å². The molecule has 1 fully saturated rings. The molecule has 1 N–H and O–H groups in total. The number of aryl methyl sites for hydroxylation is 2. The minimum atomic E-state index is 0.232. The van der Waals surface area contributed by atoms with E-state index in [4.69, 9.17) is 0 Å². The molecule has 1 aliphatic heterocycles. The van der Waals surface area contributed by atoms with Gasteiger partial charge in [-0.25, -0.2) is 0 Å². The molecule has 3 nitrogen and oxygen atoms in total. The van der Waals surface area contributed by atoms with Crippen LogP contribution >= 0.6 is 11.3 Å². The van der Waals surface area contributed by atoms with E-state index in [-0.39, 0.29) is 18.0 Å². The Morgan fingerprint density at radius 3 is 2.72 bits per heavy atom. The summed E-state index contributed by atoms with van der Waals surface area (Å²) in [6.07, 6.45) is 3.59. The summed E-state index contributed by atoms with van der Waals surface area (Å²) in [6, 6.07) is 2.72. The van der Waals surface area contributed by atoms with Crippen LogP contribution in [0.2, 0.25) is 0 Å². The maximum atomic E-state index is 12.6. The van der Waals surface area contributed by atoms with Gasteiger partial charge in [0.2, 0.25) is 0 Å². The Hall–Kier alpha value is -0.870. The Morgan fingerprint density at radius 1 is 1.33 bits per heavy atom. The first-order chi connectivity index (χ1) is 8.66. The Balaban J connectivity index is 1.84. The number of amides is 1. The van der Waals surface area contributed by atoms with Crippen molar-refractivity contribution in [2.75, 3.05) is 13.1 Å². The zero-order chi connectivity index (χ0) is 12.7. The highest BCUT2D eigenvalue weighted by Crippen LogP contribution is 2.32. The monoisotopic (exact) mass is 264 g/mol. The lowest BCUT2D eigenvalue weighted by Gasteiger charge is -2.39. The average Bonchev–Trinajstić information content (AvgIpc) is 2.88. The molecule has 0 aromatic carbocycles. The largest absolute Gasteiger partial charge is 0.330 e. The molecule has 18 heavy (non-hydrogen) atoms. The molecular weight excluding hydrogens is 244 g/mol. The molecule has 1 aromatic heterocycles. The summed E-state index contributed by atoms with van der Waals surface area (Å²) in [6.45, 7) is 6.06. The molecule has 2 aliphatic rings. The maximum Gasteiger partial charge on any atom is 0.264 e. The molecule has 1 aromatic rings. The Morgan fingerprint density at radius 2 is 2.06 bits per heavy atom. The predicted molar refractivity (Wildman–Crippen MR) is 74.3 cm³/mol. The van der Waals surface area contributed by atoms with Crippen LogP contribution in [0.25, 0.3) is 0 Å². The predicted octanol–water partition coefficient (Wildman–Crippen LogP) is 2.06. The SMILES string of the molecule is CC1CNCC(C)N1C(=O)c1cc2c(s1)CCC2. The van der Waals surface area contributed by atoms with E-state index in [0.29, 0.717) is 0 Å². The molecule has 2 unspecified atom stereocenters. The van der Waals surface area contributed by atoms with Gasteiger partial charge in [0.25, 0.3) is 5.91 Å². The smallest absolute Gasteiger partial charge is 0.264 e. The van der Waals surface area contributed by atoms with Crippen molar-refractivity contribution in [1.82, 2.24) is 10.2 Å². The summed E-state index contributed by atoms with van der Waals surface area (Å²) < 4.78 is 0. The van der Waals surface area contributed by atoms with Gasteiger partial charge in [0.05, 0.1) is 4.88 Å². The number of rotatable bonds is 1. The fourth-order valence-electron chi connectivity index (χ4n) is 3.09. The standard InChI is InChI=1S/C14H20N2OS/c1-9-7-15-8-10(2)16(9)14(17)13-6-11-4-3-5-12(11)18-13/h6,9-10,15H,3-5,7-8H2,1-2H3. The molecule has 98 valence electrons. The summed E-state index contributed by atoms with van der Waals surface area (Å²) >= 11 is 1.72. The molecule has 2 atom stereocenters. The van der Waals surface area contributed by atoms with Crippen molar-refractivity contribution in [3.05, 3.63) is 21.4 Å². The van der Waals surface area contributed by atoms with Gasteiger partial charge >= 0.3 is 0 Å². The van der Waals surface area contributed by atoms with Crippen molar-refractivity contribution >= 4 is 17.2 Å². The third-order valence-electron chi connectivity index (χ3n) is 4.02. The highest BCUT2D eigenvalue weighted by molar-refractivity contribution is 7.14. The second-order valence-corrected chi connectivity index (χ2v) is 6.62. The number of nitrogens with zero attached hydrogens (tertiary/aromatic N) is 1. The fraction of sp³-hybridized carbons (Fsp3) is 0.643. The molecule has 0 saturated carbocycles. The highest BCUT2D eigenvalue weighted by Gasteiger charge is 2.31. The topological polar surface area (TPSA) is 32.3 Å². The summed E-state index contributed by atoms with van der Waals surface area (Å²) in [5, 5.41) is 3.37. The van der Waals surface area contributed by atoms with Crippen molar-refractivity contribution in [3.63, 3.8) is 0 Å². The molecule has 1 saturated heterocycles. The van der Waals surface area contributed by atoms with Crippen LogP contribution in [0.5, 0.6) is 0 Å². The summed E-state index contributed by atoms with van der Waals surface area (Å²) in [5.74, 6) is 0.232. The molecule has 1 aliphatic carbocycles. The van der Waals surface area contributed by atoms with E-state index in [2.05, 4.69) is 30.1 Å². The average molecular weight is 264 g/mol. The van der Waals surface area contributed by atoms with E-state index in [1.165, 1.54) is 23.3 Å². The van der Waals surface area contributed by atoms with Crippen LogP contribution in [-0.2, 0) is 12.8 Å². The second kappa shape index (κ2) is 4.67. The normalized spacial score (nSPS) is 27.3. The van der Waals surface area contributed by atoms with Gasteiger partial charge in [0, 0.05) is 30.1 Å². The maximum absolute atomic E-state index is 12.6. The number of hydrogen-bond acceptors (Lipinski definition) is 3. The Labute approximate surface area is 112 Å². The van der Waals surface area contributed by atoms with Gasteiger partial charge in [-0.1, -0.05) is 0 Å². The number of fused-ring (bicyclic) bond motifs is 1.